The Morgan fingerprint density at radius 3 is 2.71 bits per heavy atom. The molecule has 0 spiro atoms. The highest BCUT2D eigenvalue weighted by molar-refractivity contribution is 5.74. The van der Waals surface area contributed by atoms with Gasteiger partial charge < -0.3 is 4.74 Å². The van der Waals surface area contributed by atoms with Crippen molar-refractivity contribution >= 4 is 17.2 Å². The van der Waals surface area contributed by atoms with Gasteiger partial charge in [0, 0.05) is 0 Å². The molecule has 0 saturated heterocycles. The number of aromatic nitrogens is 3. The van der Waals surface area contributed by atoms with Gasteiger partial charge in [-0.05, 0) is 38.1 Å². The number of fused-ring (bicyclic) bond motifs is 1. The fraction of sp³-hybridized carbons (Fsp3) is 0.364. The summed E-state index contributed by atoms with van der Waals surface area (Å²) in [6.45, 7) is 5.27. The average Bonchev–Trinajstić information content (AvgIpc) is 2.59. The van der Waals surface area contributed by atoms with Crippen molar-refractivity contribution in [2.75, 3.05) is 0 Å². The summed E-state index contributed by atoms with van der Waals surface area (Å²) in [5.41, 5.74) is 0.655. The zero-order valence-electron chi connectivity index (χ0n) is 9.88. The number of carbonyl (C=O) groups is 1. The van der Waals surface area contributed by atoms with Crippen LogP contribution in [-0.4, -0.2) is 26.9 Å². The fourth-order valence-electron chi connectivity index (χ4n) is 1.25. The molecule has 0 amide bonds. The van der Waals surface area contributed by atoms with Gasteiger partial charge in [-0.25, -0.2) is 4.79 Å². The summed E-state index contributed by atoms with van der Waals surface area (Å²) in [5, 5.41) is 7.56. The quantitative estimate of drug-likeness (QED) is 0.557. The molecule has 6 nitrogen and oxygen atoms in total. The molecule has 0 radical (unpaired) electrons. The lowest BCUT2D eigenvalue weighted by atomic mass is 10.2. The van der Waals surface area contributed by atoms with Crippen LogP contribution in [0.2, 0.25) is 0 Å². The minimum atomic E-state index is -0.812. The molecular weight excluding hydrogens is 222 g/mol. The molecule has 17 heavy (non-hydrogen) atoms. The van der Waals surface area contributed by atoms with Crippen LogP contribution in [0, 0.1) is 0 Å². The number of benzene rings is 1. The zero-order valence-corrected chi connectivity index (χ0v) is 9.88. The van der Waals surface area contributed by atoms with Crippen molar-refractivity contribution in [2.24, 2.45) is 0 Å². The number of para-hydroxylation sites is 1. The average molecular weight is 235 g/mol. The van der Waals surface area contributed by atoms with E-state index in [1.807, 2.05) is 6.07 Å². The SMILES string of the molecule is CC(C)(C)OC(=O)On1nnc2ccccc21. The first-order chi connectivity index (χ1) is 7.96. The molecule has 0 aliphatic heterocycles. The molecule has 2 aromatic rings. The van der Waals surface area contributed by atoms with Crippen LogP contribution in [0.1, 0.15) is 20.8 Å². The van der Waals surface area contributed by atoms with Crippen molar-refractivity contribution in [1.29, 1.82) is 0 Å². The monoisotopic (exact) mass is 235 g/mol. The normalized spacial score (nSPS) is 11.5. The molecule has 0 N–H and O–H groups in total. The first-order valence-electron chi connectivity index (χ1n) is 5.17. The number of hydrogen-bond acceptors (Lipinski definition) is 5. The van der Waals surface area contributed by atoms with Crippen molar-refractivity contribution in [3.63, 3.8) is 0 Å². The second-order valence-corrected chi connectivity index (χ2v) is 4.51. The molecule has 1 aromatic carbocycles. The van der Waals surface area contributed by atoms with E-state index in [0.29, 0.717) is 11.0 Å². The largest absolute Gasteiger partial charge is 0.535 e. The van der Waals surface area contributed by atoms with Gasteiger partial charge in [-0.1, -0.05) is 17.0 Å². The molecule has 0 unspecified atom stereocenters. The standard InChI is InChI=1S/C11H13N3O3/c1-11(2,3)16-10(15)17-14-9-7-5-4-6-8(9)12-13-14/h4-7H,1-3H3. The van der Waals surface area contributed by atoms with Crippen LogP contribution in [0.5, 0.6) is 0 Å². The molecule has 0 fully saturated rings. The maximum absolute atomic E-state index is 11.4. The van der Waals surface area contributed by atoms with Gasteiger partial charge in [0.15, 0.2) is 0 Å². The van der Waals surface area contributed by atoms with Crippen molar-refractivity contribution in [3.05, 3.63) is 24.3 Å². The van der Waals surface area contributed by atoms with Crippen molar-refractivity contribution in [1.82, 2.24) is 15.2 Å². The molecule has 1 aromatic heterocycles. The molecule has 2 rings (SSSR count). The Balaban J connectivity index is 2.16. The summed E-state index contributed by atoms with van der Waals surface area (Å²) in [5.74, 6) is 0. The van der Waals surface area contributed by atoms with Crippen LogP contribution in [0.25, 0.3) is 11.0 Å². The second kappa shape index (κ2) is 4.04. The van der Waals surface area contributed by atoms with Crippen LogP contribution in [-0.2, 0) is 4.74 Å². The third kappa shape index (κ3) is 2.72. The number of carbonyl (C=O) groups excluding carboxylic acids is 1. The van der Waals surface area contributed by atoms with E-state index in [1.54, 1.807) is 39.0 Å². The van der Waals surface area contributed by atoms with E-state index < -0.39 is 11.8 Å². The minimum Gasteiger partial charge on any atom is -0.427 e. The lowest BCUT2D eigenvalue weighted by Gasteiger charge is -2.18. The summed E-state index contributed by atoms with van der Waals surface area (Å²) < 4.78 is 5.01. The Morgan fingerprint density at radius 2 is 2.00 bits per heavy atom. The smallest absolute Gasteiger partial charge is 0.427 e. The Hall–Kier alpha value is -2.11. The number of hydrogen-bond donors (Lipinski definition) is 0. The lowest BCUT2D eigenvalue weighted by Crippen LogP contribution is -2.30. The molecule has 6 heteroatoms. The number of nitrogens with zero attached hydrogens (tertiary/aromatic N) is 3. The Kier molecular flexibility index (Phi) is 2.71. The van der Waals surface area contributed by atoms with Gasteiger partial charge in [-0.15, -0.1) is 5.10 Å². The Bertz CT molecular complexity index is 542. The number of rotatable bonds is 1. The van der Waals surface area contributed by atoms with Gasteiger partial charge in [0.05, 0.1) is 0 Å². The third-order valence-electron chi connectivity index (χ3n) is 1.87. The van der Waals surface area contributed by atoms with Gasteiger partial charge in [0.1, 0.15) is 16.6 Å². The molecule has 0 bridgehead atoms. The summed E-state index contributed by atoms with van der Waals surface area (Å²) in [6, 6.07) is 7.16. The predicted molar refractivity (Wildman–Crippen MR) is 60.3 cm³/mol. The highest BCUT2D eigenvalue weighted by atomic mass is 16.8. The Morgan fingerprint density at radius 1 is 1.29 bits per heavy atom. The van der Waals surface area contributed by atoms with Crippen molar-refractivity contribution in [2.45, 2.75) is 26.4 Å². The van der Waals surface area contributed by atoms with Crippen LogP contribution >= 0.6 is 0 Å². The molecule has 90 valence electrons. The molecule has 0 aliphatic rings. The fourth-order valence-corrected chi connectivity index (χ4v) is 1.25. The minimum absolute atomic E-state index is 0.604. The van der Waals surface area contributed by atoms with Crippen molar-refractivity contribution < 1.29 is 14.4 Å². The first kappa shape index (κ1) is 11.4. The molecular formula is C11H13N3O3. The summed E-state index contributed by atoms with van der Waals surface area (Å²) in [6.07, 6.45) is -0.812. The van der Waals surface area contributed by atoms with Gasteiger partial charge >= 0.3 is 6.16 Å². The van der Waals surface area contributed by atoms with Crippen LogP contribution < -0.4 is 4.84 Å². The van der Waals surface area contributed by atoms with Crippen molar-refractivity contribution in [3.8, 4) is 0 Å². The third-order valence-corrected chi connectivity index (χ3v) is 1.87. The first-order valence-corrected chi connectivity index (χ1v) is 5.17. The lowest BCUT2D eigenvalue weighted by molar-refractivity contribution is -0.0157. The maximum Gasteiger partial charge on any atom is 0.535 e. The summed E-state index contributed by atoms with van der Waals surface area (Å²) in [7, 11) is 0. The van der Waals surface area contributed by atoms with Gasteiger partial charge in [0.2, 0.25) is 0 Å². The van der Waals surface area contributed by atoms with Gasteiger partial charge in [0.25, 0.3) is 0 Å². The van der Waals surface area contributed by atoms with E-state index in [2.05, 4.69) is 10.3 Å². The molecule has 0 aliphatic carbocycles. The van der Waals surface area contributed by atoms with Crippen LogP contribution in [0.15, 0.2) is 24.3 Å². The highest BCUT2D eigenvalue weighted by Gasteiger charge is 2.19. The van der Waals surface area contributed by atoms with Gasteiger partial charge in [-0.3, -0.25) is 4.84 Å². The van der Waals surface area contributed by atoms with Gasteiger partial charge in [-0.2, -0.15) is 0 Å². The van der Waals surface area contributed by atoms with E-state index in [0.717, 1.165) is 4.85 Å². The predicted octanol–water partition coefficient (Wildman–Crippen LogP) is 1.79. The van der Waals surface area contributed by atoms with E-state index in [1.165, 1.54) is 0 Å². The van der Waals surface area contributed by atoms with E-state index >= 15 is 0 Å². The molecule has 0 saturated carbocycles. The summed E-state index contributed by atoms with van der Waals surface area (Å²) in [4.78, 5) is 17.4. The summed E-state index contributed by atoms with van der Waals surface area (Å²) >= 11 is 0. The Labute approximate surface area is 98.1 Å². The molecule has 0 atom stereocenters. The molecule has 1 heterocycles. The zero-order chi connectivity index (χ0) is 12.5. The second-order valence-electron chi connectivity index (χ2n) is 4.51. The van der Waals surface area contributed by atoms with Crippen LogP contribution in [0.4, 0.5) is 4.79 Å². The highest BCUT2D eigenvalue weighted by Crippen LogP contribution is 2.10. The maximum atomic E-state index is 11.4. The van der Waals surface area contributed by atoms with Crippen LogP contribution in [0.3, 0.4) is 0 Å². The van der Waals surface area contributed by atoms with E-state index in [4.69, 9.17) is 9.57 Å². The topological polar surface area (TPSA) is 66.2 Å². The van der Waals surface area contributed by atoms with E-state index in [-0.39, 0.29) is 0 Å². The number of ether oxygens (including phenoxy) is 1. The van der Waals surface area contributed by atoms with E-state index in [9.17, 15) is 4.79 Å².